The predicted molar refractivity (Wildman–Crippen MR) is 76.9 cm³/mol. The van der Waals surface area contributed by atoms with Gasteiger partial charge in [0.1, 0.15) is 4.90 Å². The van der Waals surface area contributed by atoms with Crippen LogP contribution in [0.3, 0.4) is 0 Å². The van der Waals surface area contributed by atoms with Crippen molar-refractivity contribution in [2.45, 2.75) is 29.9 Å². The predicted octanol–water partition coefficient (Wildman–Crippen LogP) is 1.21. The van der Waals surface area contributed by atoms with E-state index in [1.165, 1.54) is 6.20 Å². The third-order valence-corrected chi connectivity index (χ3v) is 5.27. The number of nitrogens with two attached hydrogens (primary N) is 1. The fourth-order valence-electron chi connectivity index (χ4n) is 2.48. The molecular weight excluding hydrogens is 278 g/mol. The number of aromatic nitrogens is 1. The molecule has 1 fully saturated rings. The zero-order chi connectivity index (χ0) is 14.3. The van der Waals surface area contributed by atoms with Gasteiger partial charge in [-0.15, -0.1) is 0 Å². The fourth-order valence-corrected chi connectivity index (χ4v) is 3.92. The molecule has 1 saturated carbocycles. The lowest BCUT2D eigenvalue weighted by atomic mass is 9.90. The molecule has 1 aromatic carbocycles. The number of anilines is 1. The topological polar surface area (TPSA) is 97.2 Å². The second-order valence-electron chi connectivity index (χ2n) is 5.11. The first kappa shape index (κ1) is 13.4. The number of methoxy groups -OCH3 is 1. The highest BCUT2D eigenvalue weighted by Gasteiger charge is 2.33. The molecule has 6 nitrogen and oxygen atoms in total. The molecule has 20 heavy (non-hydrogen) atoms. The summed E-state index contributed by atoms with van der Waals surface area (Å²) in [4.78, 5) is 3.20. The van der Waals surface area contributed by atoms with Gasteiger partial charge in [-0.3, -0.25) is 0 Å². The number of sulfonamides is 1. The molecule has 1 heterocycles. The summed E-state index contributed by atoms with van der Waals surface area (Å²) in [6.45, 7) is 0. The second kappa shape index (κ2) is 4.76. The summed E-state index contributed by atoms with van der Waals surface area (Å²) in [6, 6.07) is 5.08. The average Bonchev–Trinajstić information content (AvgIpc) is 2.76. The largest absolute Gasteiger partial charge is 0.399 e. The van der Waals surface area contributed by atoms with Gasteiger partial charge in [0.2, 0.25) is 10.0 Å². The first-order chi connectivity index (χ1) is 9.49. The van der Waals surface area contributed by atoms with Crippen LogP contribution >= 0.6 is 0 Å². The highest BCUT2D eigenvalue weighted by atomic mass is 32.2. The van der Waals surface area contributed by atoms with E-state index in [9.17, 15) is 8.42 Å². The molecule has 4 N–H and O–H groups in total. The summed E-state index contributed by atoms with van der Waals surface area (Å²) in [6.07, 6.45) is 3.08. The molecule has 2 aromatic rings. The van der Waals surface area contributed by atoms with Crippen molar-refractivity contribution in [2.75, 3.05) is 12.8 Å². The molecule has 0 radical (unpaired) electrons. The molecule has 0 amide bonds. The summed E-state index contributed by atoms with van der Waals surface area (Å²) in [5, 5.41) is 0.648. The van der Waals surface area contributed by atoms with Crippen molar-refractivity contribution in [3.8, 4) is 0 Å². The lowest BCUT2D eigenvalue weighted by molar-refractivity contribution is 0.0236. The van der Waals surface area contributed by atoms with E-state index in [2.05, 4.69) is 9.71 Å². The molecule has 1 aromatic heterocycles. The van der Waals surface area contributed by atoms with Crippen molar-refractivity contribution < 1.29 is 13.2 Å². The monoisotopic (exact) mass is 295 g/mol. The van der Waals surface area contributed by atoms with Gasteiger partial charge in [0.15, 0.2) is 0 Å². The van der Waals surface area contributed by atoms with Crippen LogP contribution in [0.15, 0.2) is 29.3 Å². The van der Waals surface area contributed by atoms with E-state index in [4.69, 9.17) is 10.5 Å². The van der Waals surface area contributed by atoms with Crippen molar-refractivity contribution in [3.05, 3.63) is 24.4 Å². The van der Waals surface area contributed by atoms with Gasteiger partial charge in [0.25, 0.3) is 0 Å². The molecule has 0 atom stereocenters. The van der Waals surface area contributed by atoms with E-state index in [1.54, 1.807) is 25.3 Å². The summed E-state index contributed by atoms with van der Waals surface area (Å²) in [7, 11) is -1.89. The fraction of sp³-hybridized carbons (Fsp3) is 0.385. The van der Waals surface area contributed by atoms with Crippen LogP contribution in [0.5, 0.6) is 0 Å². The van der Waals surface area contributed by atoms with E-state index >= 15 is 0 Å². The molecular formula is C13H17N3O3S. The quantitative estimate of drug-likeness (QED) is 0.738. The van der Waals surface area contributed by atoms with Crippen LogP contribution in [-0.4, -0.2) is 32.7 Å². The maximum absolute atomic E-state index is 12.4. The standard InChI is InChI=1S/C13H17N3O3S/c1-19-10-5-9(6-10)16-20(17,18)13-7-15-12-4-8(14)2-3-11(12)13/h2-4,7,9-10,15-16H,5-6,14H2,1H3. The zero-order valence-corrected chi connectivity index (χ0v) is 11.9. The lowest BCUT2D eigenvalue weighted by Crippen LogP contribution is -2.47. The number of H-pyrrole nitrogens is 1. The zero-order valence-electron chi connectivity index (χ0n) is 11.1. The first-order valence-corrected chi connectivity index (χ1v) is 7.89. The molecule has 0 bridgehead atoms. The van der Waals surface area contributed by atoms with Gasteiger partial charge in [0, 0.05) is 35.9 Å². The number of benzene rings is 1. The molecule has 0 unspecified atom stereocenters. The van der Waals surface area contributed by atoms with Crippen LogP contribution in [0.1, 0.15) is 12.8 Å². The average molecular weight is 295 g/mol. The van der Waals surface area contributed by atoms with Gasteiger partial charge in [0.05, 0.1) is 6.10 Å². The third kappa shape index (κ3) is 2.28. The van der Waals surface area contributed by atoms with E-state index < -0.39 is 10.0 Å². The Kier molecular flexibility index (Phi) is 3.19. The number of fused-ring (bicyclic) bond motifs is 1. The molecule has 0 saturated heterocycles. The Morgan fingerprint density at radius 1 is 1.40 bits per heavy atom. The van der Waals surface area contributed by atoms with E-state index in [1.807, 2.05) is 0 Å². The lowest BCUT2D eigenvalue weighted by Gasteiger charge is -2.34. The van der Waals surface area contributed by atoms with Gasteiger partial charge < -0.3 is 15.5 Å². The number of hydrogen-bond acceptors (Lipinski definition) is 4. The maximum Gasteiger partial charge on any atom is 0.242 e. The number of ether oxygens (including phenoxy) is 1. The maximum atomic E-state index is 12.4. The van der Waals surface area contributed by atoms with Crippen LogP contribution < -0.4 is 10.5 Å². The minimum atomic E-state index is -3.53. The molecule has 7 heteroatoms. The minimum Gasteiger partial charge on any atom is -0.399 e. The van der Waals surface area contributed by atoms with E-state index in [0.717, 1.165) is 0 Å². The Morgan fingerprint density at radius 3 is 2.85 bits per heavy atom. The minimum absolute atomic E-state index is 0.0521. The van der Waals surface area contributed by atoms with Crippen LogP contribution in [0.25, 0.3) is 10.9 Å². The normalized spacial score (nSPS) is 22.9. The molecule has 1 aliphatic carbocycles. The molecule has 0 aliphatic heterocycles. The second-order valence-corrected chi connectivity index (χ2v) is 6.79. The van der Waals surface area contributed by atoms with Crippen molar-refractivity contribution >= 4 is 26.6 Å². The summed E-state index contributed by atoms with van der Waals surface area (Å²) in [5.41, 5.74) is 7.00. The Balaban J connectivity index is 1.86. The molecule has 1 aliphatic rings. The Labute approximate surface area is 117 Å². The number of nitrogen functional groups attached to an aromatic ring is 1. The number of nitrogens with one attached hydrogen (secondary N) is 2. The number of rotatable bonds is 4. The molecule has 0 spiro atoms. The van der Waals surface area contributed by atoms with E-state index in [0.29, 0.717) is 29.4 Å². The van der Waals surface area contributed by atoms with Gasteiger partial charge in [-0.05, 0) is 31.0 Å². The van der Waals surface area contributed by atoms with Crippen LogP contribution in [-0.2, 0) is 14.8 Å². The highest BCUT2D eigenvalue weighted by molar-refractivity contribution is 7.89. The van der Waals surface area contributed by atoms with Crippen molar-refractivity contribution in [3.63, 3.8) is 0 Å². The van der Waals surface area contributed by atoms with Gasteiger partial charge in [-0.1, -0.05) is 0 Å². The molecule has 108 valence electrons. The van der Waals surface area contributed by atoms with Gasteiger partial charge >= 0.3 is 0 Å². The number of aromatic amines is 1. The Bertz CT molecular complexity index is 732. The van der Waals surface area contributed by atoms with E-state index in [-0.39, 0.29) is 17.0 Å². The number of hydrogen-bond donors (Lipinski definition) is 3. The van der Waals surface area contributed by atoms with Crippen LogP contribution in [0.2, 0.25) is 0 Å². The van der Waals surface area contributed by atoms with Gasteiger partial charge in [-0.2, -0.15) is 0 Å². The van der Waals surface area contributed by atoms with Crippen molar-refractivity contribution in [2.24, 2.45) is 0 Å². The van der Waals surface area contributed by atoms with Gasteiger partial charge in [-0.25, -0.2) is 13.1 Å². The van der Waals surface area contributed by atoms with Crippen LogP contribution in [0, 0.1) is 0 Å². The Hall–Kier alpha value is -1.57. The Morgan fingerprint density at radius 2 is 2.15 bits per heavy atom. The summed E-state index contributed by atoms with van der Waals surface area (Å²) >= 11 is 0. The third-order valence-electron chi connectivity index (χ3n) is 3.71. The summed E-state index contributed by atoms with van der Waals surface area (Å²) in [5.74, 6) is 0. The highest BCUT2D eigenvalue weighted by Crippen LogP contribution is 2.28. The van der Waals surface area contributed by atoms with Crippen molar-refractivity contribution in [1.29, 1.82) is 0 Å². The van der Waals surface area contributed by atoms with Crippen molar-refractivity contribution in [1.82, 2.24) is 9.71 Å². The molecule has 3 rings (SSSR count). The SMILES string of the molecule is COC1CC(NS(=O)(=O)c2c[nH]c3cc(N)ccc23)C1. The summed E-state index contributed by atoms with van der Waals surface area (Å²) < 4.78 is 32.6. The first-order valence-electron chi connectivity index (χ1n) is 6.41. The van der Waals surface area contributed by atoms with Crippen LogP contribution in [0.4, 0.5) is 5.69 Å². The smallest absolute Gasteiger partial charge is 0.242 e.